The van der Waals surface area contributed by atoms with Crippen molar-refractivity contribution in [2.45, 2.75) is 13.3 Å². The number of hydrogen-bond donors (Lipinski definition) is 1. The van der Waals surface area contributed by atoms with E-state index < -0.39 is 0 Å². The van der Waals surface area contributed by atoms with E-state index in [2.05, 4.69) is 11.4 Å². The zero-order valence-electron chi connectivity index (χ0n) is 10.4. The fraction of sp³-hybridized carbons (Fsp3) is 0.214. The van der Waals surface area contributed by atoms with Gasteiger partial charge < -0.3 is 10.1 Å². The summed E-state index contributed by atoms with van der Waals surface area (Å²) in [4.78, 5) is 0. The Bertz CT molecular complexity index is 584. The first kappa shape index (κ1) is 12.5. The third-order valence-corrected chi connectivity index (χ3v) is 3.51. The molecule has 0 aliphatic carbocycles. The third-order valence-electron chi connectivity index (χ3n) is 2.71. The van der Waals surface area contributed by atoms with Crippen molar-refractivity contribution in [3.8, 4) is 11.8 Å². The first-order chi connectivity index (χ1) is 8.74. The number of benzene rings is 1. The van der Waals surface area contributed by atoms with Gasteiger partial charge in [0.05, 0.1) is 25.3 Å². The maximum absolute atomic E-state index is 8.76. The van der Waals surface area contributed by atoms with Crippen molar-refractivity contribution < 1.29 is 4.74 Å². The van der Waals surface area contributed by atoms with Gasteiger partial charge in [-0.25, -0.2) is 0 Å². The summed E-state index contributed by atoms with van der Waals surface area (Å²) in [5, 5.41) is 16.2. The molecule has 0 saturated heterocycles. The van der Waals surface area contributed by atoms with Crippen LogP contribution in [0.1, 0.15) is 11.1 Å². The van der Waals surface area contributed by atoms with Crippen molar-refractivity contribution in [3.05, 3.63) is 40.1 Å². The number of anilines is 2. The Balaban J connectivity index is 2.23. The summed E-state index contributed by atoms with van der Waals surface area (Å²) in [7, 11) is 1.66. The van der Waals surface area contributed by atoms with Crippen LogP contribution in [0, 0.1) is 18.3 Å². The number of methoxy groups -OCH3 is 1. The number of nitrogens with zero attached hydrogens (tertiary/aromatic N) is 1. The van der Waals surface area contributed by atoms with Gasteiger partial charge in [0.1, 0.15) is 5.75 Å². The van der Waals surface area contributed by atoms with E-state index in [9.17, 15) is 0 Å². The highest BCUT2D eigenvalue weighted by Gasteiger charge is 2.06. The van der Waals surface area contributed by atoms with Crippen molar-refractivity contribution >= 4 is 22.7 Å². The van der Waals surface area contributed by atoms with Crippen molar-refractivity contribution in [2.24, 2.45) is 0 Å². The SMILES string of the molecule is COc1ccc(Nc2cscc2CC#N)c(C)c1. The molecule has 0 aliphatic rings. The summed E-state index contributed by atoms with van der Waals surface area (Å²) in [5.74, 6) is 0.848. The van der Waals surface area contributed by atoms with Crippen LogP contribution in [0.15, 0.2) is 29.0 Å². The van der Waals surface area contributed by atoms with Crippen LogP contribution in [0.5, 0.6) is 5.75 Å². The van der Waals surface area contributed by atoms with Crippen molar-refractivity contribution in [2.75, 3.05) is 12.4 Å². The highest BCUT2D eigenvalue weighted by atomic mass is 32.1. The lowest BCUT2D eigenvalue weighted by molar-refractivity contribution is 0.414. The molecule has 1 aromatic heterocycles. The number of aryl methyl sites for hydroxylation is 1. The highest BCUT2D eigenvalue weighted by Crippen LogP contribution is 2.28. The minimum atomic E-state index is 0.432. The molecule has 2 rings (SSSR count). The molecule has 0 fully saturated rings. The van der Waals surface area contributed by atoms with E-state index in [1.807, 2.05) is 35.9 Å². The molecule has 2 aromatic rings. The predicted octanol–water partition coefficient (Wildman–Crippen LogP) is 3.87. The molecule has 0 unspecified atom stereocenters. The van der Waals surface area contributed by atoms with Crippen LogP contribution in [0.3, 0.4) is 0 Å². The molecule has 18 heavy (non-hydrogen) atoms. The molecule has 92 valence electrons. The first-order valence-electron chi connectivity index (χ1n) is 5.58. The Labute approximate surface area is 111 Å². The van der Waals surface area contributed by atoms with Gasteiger partial charge in [-0.3, -0.25) is 0 Å². The van der Waals surface area contributed by atoms with Gasteiger partial charge in [-0.05, 0) is 36.1 Å². The summed E-state index contributed by atoms with van der Waals surface area (Å²) in [5.41, 5.74) is 4.20. The van der Waals surface area contributed by atoms with Gasteiger partial charge in [-0.1, -0.05) is 0 Å². The standard InChI is InChI=1S/C14H14N2OS/c1-10-7-12(17-2)3-4-13(10)16-14-9-18-8-11(14)5-6-15/h3-4,7-9,16H,5H2,1-2H3. The van der Waals surface area contributed by atoms with E-state index in [4.69, 9.17) is 10.00 Å². The molecule has 1 aromatic carbocycles. The van der Waals surface area contributed by atoms with Gasteiger partial charge in [0.2, 0.25) is 0 Å². The van der Waals surface area contributed by atoms with E-state index >= 15 is 0 Å². The quantitative estimate of drug-likeness (QED) is 0.905. The van der Waals surface area contributed by atoms with Crippen LogP contribution in [0.2, 0.25) is 0 Å². The number of rotatable bonds is 4. The zero-order valence-corrected chi connectivity index (χ0v) is 11.2. The summed E-state index contributed by atoms with van der Waals surface area (Å²) < 4.78 is 5.18. The topological polar surface area (TPSA) is 45.0 Å². The Morgan fingerprint density at radius 1 is 1.33 bits per heavy atom. The molecule has 0 amide bonds. The predicted molar refractivity (Wildman–Crippen MR) is 74.6 cm³/mol. The van der Waals surface area contributed by atoms with Crippen LogP contribution in [-0.2, 0) is 6.42 Å². The number of nitrogens with one attached hydrogen (secondary N) is 1. The average molecular weight is 258 g/mol. The minimum Gasteiger partial charge on any atom is -0.497 e. The van der Waals surface area contributed by atoms with Crippen LogP contribution in [-0.4, -0.2) is 7.11 Å². The molecule has 3 nitrogen and oxygen atoms in total. The van der Waals surface area contributed by atoms with Crippen LogP contribution < -0.4 is 10.1 Å². The lowest BCUT2D eigenvalue weighted by Crippen LogP contribution is -1.95. The number of thiophene rings is 1. The zero-order chi connectivity index (χ0) is 13.0. The third kappa shape index (κ3) is 2.63. The average Bonchev–Trinajstić information content (AvgIpc) is 2.80. The van der Waals surface area contributed by atoms with Gasteiger partial charge in [-0.2, -0.15) is 5.26 Å². The Kier molecular flexibility index (Phi) is 3.85. The van der Waals surface area contributed by atoms with Crippen LogP contribution in [0.25, 0.3) is 0 Å². The number of hydrogen-bond acceptors (Lipinski definition) is 4. The van der Waals surface area contributed by atoms with E-state index in [1.165, 1.54) is 0 Å². The smallest absolute Gasteiger partial charge is 0.119 e. The van der Waals surface area contributed by atoms with E-state index in [1.54, 1.807) is 18.4 Å². The Morgan fingerprint density at radius 2 is 2.17 bits per heavy atom. The molecule has 1 N–H and O–H groups in total. The Morgan fingerprint density at radius 3 is 2.83 bits per heavy atom. The van der Waals surface area contributed by atoms with Gasteiger partial charge in [0.25, 0.3) is 0 Å². The molecular weight excluding hydrogens is 244 g/mol. The monoisotopic (exact) mass is 258 g/mol. The molecule has 1 heterocycles. The largest absolute Gasteiger partial charge is 0.497 e. The van der Waals surface area contributed by atoms with E-state index in [0.717, 1.165) is 28.3 Å². The van der Waals surface area contributed by atoms with Crippen LogP contribution in [0.4, 0.5) is 11.4 Å². The second-order valence-electron chi connectivity index (χ2n) is 3.95. The summed E-state index contributed by atoms with van der Waals surface area (Å²) >= 11 is 1.60. The first-order valence-corrected chi connectivity index (χ1v) is 6.52. The molecule has 0 saturated carbocycles. The van der Waals surface area contributed by atoms with E-state index in [0.29, 0.717) is 6.42 Å². The number of nitriles is 1. The molecule has 0 bridgehead atoms. The summed E-state index contributed by atoms with van der Waals surface area (Å²) in [6.07, 6.45) is 0.432. The lowest BCUT2D eigenvalue weighted by Gasteiger charge is -2.10. The Hall–Kier alpha value is -1.99. The molecule has 0 spiro atoms. The van der Waals surface area contributed by atoms with Gasteiger partial charge >= 0.3 is 0 Å². The van der Waals surface area contributed by atoms with Crippen LogP contribution >= 0.6 is 11.3 Å². The maximum Gasteiger partial charge on any atom is 0.119 e. The van der Waals surface area contributed by atoms with Crippen molar-refractivity contribution in [1.82, 2.24) is 0 Å². The molecule has 4 heteroatoms. The maximum atomic E-state index is 8.76. The molecular formula is C14H14N2OS. The van der Waals surface area contributed by atoms with Gasteiger partial charge in [0, 0.05) is 16.6 Å². The molecule has 0 radical (unpaired) electrons. The second kappa shape index (κ2) is 5.56. The van der Waals surface area contributed by atoms with Crippen molar-refractivity contribution in [3.63, 3.8) is 0 Å². The van der Waals surface area contributed by atoms with Gasteiger partial charge in [-0.15, -0.1) is 11.3 Å². The molecule has 0 atom stereocenters. The second-order valence-corrected chi connectivity index (χ2v) is 4.70. The normalized spacial score (nSPS) is 9.83. The fourth-order valence-electron chi connectivity index (χ4n) is 1.70. The van der Waals surface area contributed by atoms with E-state index in [-0.39, 0.29) is 0 Å². The van der Waals surface area contributed by atoms with Gasteiger partial charge in [0.15, 0.2) is 0 Å². The number of ether oxygens (including phenoxy) is 1. The summed E-state index contributed by atoms with van der Waals surface area (Å²) in [6.45, 7) is 2.03. The van der Waals surface area contributed by atoms with Crippen molar-refractivity contribution in [1.29, 1.82) is 5.26 Å². The molecule has 0 aliphatic heterocycles. The lowest BCUT2D eigenvalue weighted by atomic mass is 10.1. The highest BCUT2D eigenvalue weighted by molar-refractivity contribution is 7.08. The fourth-order valence-corrected chi connectivity index (χ4v) is 2.49. The summed E-state index contributed by atoms with van der Waals surface area (Å²) in [6, 6.07) is 8.07. The minimum absolute atomic E-state index is 0.432.